The van der Waals surface area contributed by atoms with E-state index < -0.39 is 0 Å². The van der Waals surface area contributed by atoms with Gasteiger partial charge in [-0.05, 0) is 34.8 Å². The van der Waals surface area contributed by atoms with E-state index in [1.165, 1.54) is 0 Å². The number of rotatable bonds is 5. The SMILES string of the molecule is CCOCc1nc2cnc3cc(Br)cnc3c2n1CC(C)C. The lowest BCUT2D eigenvalue weighted by Crippen LogP contribution is -2.10. The molecule has 0 aliphatic carbocycles. The maximum Gasteiger partial charge on any atom is 0.136 e. The maximum absolute atomic E-state index is 5.57. The highest BCUT2D eigenvalue weighted by Crippen LogP contribution is 2.26. The van der Waals surface area contributed by atoms with Crippen molar-refractivity contribution in [3.8, 4) is 0 Å². The predicted octanol–water partition coefficient (Wildman–Crippen LogP) is 3.93. The molecule has 0 saturated heterocycles. The number of aromatic nitrogens is 4. The summed E-state index contributed by atoms with van der Waals surface area (Å²) in [5.41, 5.74) is 3.67. The summed E-state index contributed by atoms with van der Waals surface area (Å²) in [4.78, 5) is 13.7. The van der Waals surface area contributed by atoms with Crippen molar-refractivity contribution in [3.63, 3.8) is 0 Å². The third kappa shape index (κ3) is 2.85. The van der Waals surface area contributed by atoms with Crippen molar-refractivity contribution < 1.29 is 4.74 Å². The Kier molecular flexibility index (Phi) is 4.40. The molecular weight excluding hydrogens is 344 g/mol. The number of ether oxygens (including phenoxy) is 1. The van der Waals surface area contributed by atoms with Crippen LogP contribution in [0, 0.1) is 5.92 Å². The van der Waals surface area contributed by atoms with Gasteiger partial charge in [-0.2, -0.15) is 0 Å². The second kappa shape index (κ2) is 6.30. The van der Waals surface area contributed by atoms with Gasteiger partial charge in [-0.3, -0.25) is 9.97 Å². The highest BCUT2D eigenvalue weighted by Gasteiger charge is 2.16. The number of imidazole rings is 1. The van der Waals surface area contributed by atoms with Gasteiger partial charge in [-0.25, -0.2) is 4.98 Å². The Balaban J connectivity index is 2.26. The largest absolute Gasteiger partial charge is 0.374 e. The third-order valence-electron chi connectivity index (χ3n) is 3.44. The first-order valence-electron chi connectivity index (χ1n) is 7.47. The van der Waals surface area contributed by atoms with Crippen molar-refractivity contribution in [1.29, 1.82) is 0 Å². The van der Waals surface area contributed by atoms with Crippen molar-refractivity contribution >= 4 is 38.0 Å². The van der Waals surface area contributed by atoms with E-state index >= 15 is 0 Å². The van der Waals surface area contributed by atoms with Gasteiger partial charge >= 0.3 is 0 Å². The molecule has 116 valence electrons. The summed E-state index contributed by atoms with van der Waals surface area (Å²) in [5.74, 6) is 1.45. The Morgan fingerprint density at radius 2 is 2.05 bits per heavy atom. The lowest BCUT2D eigenvalue weighted by molar-refractivity contribution is 0.125. The number of halogens is 1. The zero-order valence-corrected chi connectivity index (χ0v) is 14.6. The molecule has 3 heterocycles. The van der Waals surface area contributed by atoms with Crippen molar-refractivity contribution in [2.75, 3.05) is 6.61 Å². The molecule has 0 unspecified atom stereocenters. The van der Waals surface area contributed by atoms with E-state index in [1.807, 2.05) is 19.2 Å². The highest BCUT2D eigenvalue weighted by atomic mass is 79.9. The van der Waals surface area contributed by atoms with Gasteiger partial charge in [-0.1, -0.05) is 13.8 Å². The quantitative estimate of drug-likeness (QED) is 0.689. The fraction of sp³-hybridized carbons (Fsp3) is 0.438. The molecule has 0 amide bonds. The Morgan fingerprint density at radius 3 is 2.77 bits per heavy atom. The topological polar surface area (TPSA) is 52.8 Å². The summed E-state index contributed by atoms with van der Waals surface area (Å²) in [6.45, 7) is 8.46. The van der Waals surface area contributed by atoms with Crippen LogP contribution in [0.2, 0.25) is 0 Å². The van der Waals surface area contributed by atoms with Gasteiger partial charge in [0.15, 0.2) is 0 Å². The average molecular weight is 363 g/mol. The van der Waals surface area contributed by atoms with Crippen LogP contribution in [0.1, 0.15) is 26.6 Å². The minimum atomic E-state index is 0.510. The third-order valence-corrected chi connectivity index (χ3v) is 3.87. The minimum Gasteiger partial charge on any atom is -0.374 e. The zero-order valence-electron chi connectivity index (χ0n) is 13.0. The first-order valence-corrected chi connectivity index (χ1v) is 8.26. The Hall–Kier alpha value is -1.53. The number of fused-ring (bicyclic) bond motifs is 3. The molecule has 22 heavy (non-hydrogen) atoms. The fourth-order valence-corrected chi connectivity index (χ4v) is 2.88. The van der Waals surface area contributed by atoms with Crippen LogP contribution >= 0.6 is 15.9 Å². The molecule has 5 nitrogen and oxygen atoms in total. The molecule has 0 radical (unpaired) electrons. The summed E-state index contributed by atoms with van der Waals surface area (Å²) in [5, 5.41) is 0. The first-order chi connectivity index (χ1) is 10.6. The van der Waals surface area contributed by atoms with Crippen LogP contribution < -0.4 is 0 Å². The summed E-state index contributed by atoms with van der Waals surface area (Å²) < 4.78 is 8.72. The van der Waals surface area contributed by atoms with Gasteiger partial charge in [-0.15, -0.1) is 0 Å². The Bertz CT molecular complexity index is 813. The molecule has 0 N–H and O–H groups in total. The van der Waals surface area contributed by atoms with Crippen LogP contribution in [0.5, 0.6) is 0 Å². The molecule has 3 aromatic heterocycles. The Labute approximate surface area is 137 Å². The number of hydrogen-bond acceptors (Lipinski definition) is 4. The van der Waals surface area contributed by atoms with Crippen molar-refractivity contribution in [3.05, 3.63) is 28.8 Å². The molecule has 0 aromatic carbocycles. The van der Waals surface area contributed by atoms with Crippen LogP contribution in [-0.4, -0.2) is 26.1 Å². The molecule has 6 heteroatoms. The lowest BCUT2D eigenvalue weighted by atomic mass is 10.2. The van der Waals surface area contributed by atoms with E-state index in [9.17, 15) is 0 Å². The average Bonchev–Trinajstić information content (AvgIpc) is 2.82. The molecule has 0 spiro atoms. The van der Waals surface area contributed by atoms with Gasteiger partial charge in [0.05, 0.1) is 17.2 Å². The number of pyridine rings is 2. The molecular formula is C16H19BrN4O. The minimum absolute atomic E-state index is 0.510. The van der Waals surface area contributed by atoms with Crippen molar-refractivity contribution in [2.45, 2.75) is 33.9 Å². The van der Waals surface area contributed by atoms with Crippen LogP contribution in [0.4, 0.5) is 0 Å². The zero-order chi connectivity index (χ0) is 15.7. The van der Waals surface area contributed by atoms with E-state index in [2.05, 4.69) is 44.3 Å². The molecule has 0 saturated carbocycles. The number of nitrogens with zero attached hydrogens (tertiary/aromatic N) is 4. The van der Waals surface area contributed by atoms with Gasteiger partial charge in [0, 0.05) is 23.8 Å². The monoisotopic (exact) mass is 362 g/mol. The summed E-state index contributed by atoms with van der Waals surface area (Å²) >= 11 is 3.45. The van der Waals surface area contributed by atoms with Gasteiger partial charge in [0.1, 0.15) is 23.5 Å². The van der Waals surface area contributed by atoms with E-state index in [1.54, 1.807) is 6.20 Å². The van der Waals surface area contributed by atoms with E-state index in [0.29, 0.717) is 19.1 Å². The molecule has 0 aliphatic rings. The second-order valence-electron chi connectivity index (χ2n) is 5.68. The smallest absolute Gasteiger partial charge is 0.136 e. The molecule has 3 aromatic rings. The van der Waals surface area contributed by atoms with Gasteiger partial charge in [0.25, 0.3) is 0 Å². The maximum atomic E-state index is 5.57. The van der Waals surface area contributed by atoms with E-state index in [0.717, 1.165) is 38.9 Å². The summed E-state index contributed by atoms with van der Waals surface area (Å²) in [7, 11) is 0. The molecule has 0 bridgehead atoms. The van der Waals surface area contributed by atoms with Gasteiger partial charge in [0.2, 0.25) is 0 Å². The fourth-order valence-electron chi connectivity index (χ4n) is 2.56. The van der Waals surface area contributed by atoms with E-state index in [4.69, 9.17) is 9.72 Å². The summed E-state index contributed by atoms with van der Waals surface area (Å²) in [6, 6.07) is 1.98. The normalized spacial score (nSPS) is 11.9. The van der Waals surface area contributed by atoms with Crippen LogP contribution in [0.15, 0.2) is 22.9 Å². The lowest BCUT2D eigenvalue weighted by Gasteiger charge is -2.12. The summed E-state index contributed by atoms with van der Waals surface area (Å²) in [6.07, 6.45) is 3.62. The molecule has 3 rings (SSSR count). The Morgan fingerprint density at radius 1 is 1.23 bits per heavy atom. The predicted molar refractivity (Wildman–Crippen MR) is 90.7 cm³/mol. The van der Waals surface area contributed by atoms with Crippen LogP contribution in [-0.2, 0) is 17.9 Å². The number of hydrogen-bond donors (Lipinski definition) is 0. The van der Waals surface area contributed by atoms with Gasteiger partial charge < -0.3 is 9.30 Å². The molecule has 0 fully saturated rings. The van der Waals surface area contributed by atoms with Crippen molar-refractivity contribution in [1.82, 2.24) is 19.5 Å². The highest BCUT2D eigenvalue weighted by molar-refractivity contribution is 9.10. The standard InChI is InChI=1S/C16H19BrN4O/c1-4-22-9-14-20-13-7-18-12-5-11(17)6-19-15(12)16(13)21(14)8-10(2)3/h5-7,10H,4,8-9H2,1-3H3. The second-order valence-corrected chi connectivity index (χ2v) is 6.60. The van der Waals surface area contributed by atoms with E-state index in [-0.39, 0.29) is 0 Å². The van der Waals surface area contributed by atoms with Crippen LogP contribution in [0.3, 0.4) is 0 Å². The molecule has 0 atom stereocenters. The first kappa shape index (κ1) is 15.4. The van der Waals surface area contributed by atoms with Crippen LogP contribution in [0.25, 0.3) is 22.1 Å². The molecule has 0 aliphatic heterocycles. The van der Waals surface area contributed by atoms with Crippen molar-refractivity contribution in [2.24, 2.45) is 5.92 Å².